The first kappa shape index (κ1) is 24.7. The van der Waals surface area contributed by atoms with Crippen LogP contribution < -0.4 is 15.8 Å². The number of para-hydroxylation sites is 1. The molecule has 3 aromatic heterocycles. The molecule has 0 bridgehead atoms. The number of carbonyl (C=O) groups is 1. The van der Waals surface area contributed by atoms with E-state index in [4.69, 9.17) is 0 Å². The zero-order chi connectivity index (χ0) is 27.1. The number of fused-ring (bicyclic) bond motifs is 1. The molecular weight excluding hydrogens is 500 g/mol. The number of anilines is 1. The van der Waals surface area contributed by atoms with E-state index in [1.807, 2.05) is 48.8 Å². The van der Waals surface area contributed by atoms with Gasteiger partial charge in [-0.25, -0.2) is 0 Å². The van der Waals surface area contributed by atoms with Gasteiger partial charge in [0.2, 0.25) is 0 Å². The van der Waals surface area contributed by atoms with E-state index in [9.17, 15) is 9.59 Å². The van der Waals surface area contributed by atoms with Crippen LogP contribution in [0.25, 0.3) is 16.6 Å². The predicted molar refractivity (Wildman–Crippen MR) is 156 cm³/mol. The van der Waals surface area contributed by atoms with Crippen LogP contribution >= 0.6 is 0 Å². The van der Waals surface area contributed by atoms with E-state index >= 15 is 0 Å². The van der Waals surface area contributed by atoms with Gasteiger partial charge in [0, 0.05) is 56.4 Å². The van der Waals surface area contributed by atoms with Gasteiger partial charge in [-0.15, -0.1) is 0 Å². The fraction of sp³-hybridized carbons (Fsp3) is 0.312. The SMILES string of the molecule is O=C(NC1CN(c2ccccc2)C1)c1ccc(C2=CCN(Cc3cnc4cc(C5CC5)c(=O)[nH]c4c3)CC2)cn1. The number of hydrogen-bond donors (Lipinski definition) is 2. The summed E-state index contributed by atoms with van der Waals surface area (Å²) in [6.45, 7) is 4.14. The Morgan fingerprint density at radius 2 is 1.88 bits per heavy atom. The van der Waals surface area contributed by atoms with Crippen molar-refractivity contribution in [2.75, 3.05) is 31.1 Å². The highest BCUT2D eigenvalue weighted by Gasteiger charge is 2.29. The van der Waals surface area contributed by atoms with Crippen LogP contribution in [0, 0.1) is 0 Å². The Morgan fingerprint density at radius 3 is 2.60 bits per heavy atom. The van der Waals surface area contributed by atoms with E-state index in [1.54, 1.807) is 0 Å². The normalized spacial score (nSPS) is 17.9. The molecule has 1 saturated heterocycles. The standard InChI is InChI=1S/C32H32N6O2/c39-31-27(23-6-7-23)15-29-30(36-31)14-21(16-33-29)18-37-12-10-22(11-13-37)24-8-9-28(34-17-24)32(40)35-25-19-38(20-25)26-4-2-1-3-5-26/h1-5,8-10,14-17,23,25H,6-7,11-13,18-20H2,(H,35,40)(H,36,39). The molecule has 7 rings (SSSR count). The third-order valence-corrected chi connectivity index (χ3v) is 8.20. The Kier molecular flexibility index (Phi) is 6.40. The summed E-state index contributed by atoms with van der Waals surface area (Å²) in [5.41, 5.74) is 7.60. The zero-order valence-corrected chi connectivity index (χ0v) is 22.3. The summed E-state index contributed by atoms with van der Waals surface area (Å²) in [6.07, 6.45) is 9.08. The van der Waals surface area contributed by atoms with Gasteiger partial charge in [-0.2, -0.15) is 0 Å². The van der Waals surface area contributed by atoms with Crippen LogP contribution in [0.5, 0.6) is 0 Å². The molecule has 5 heterocycles. The van der Waals surface area contributed by atoms with Crippen LogP contribution in [0.1, 0.15) is 52.4 Å². The third kappa shape index (κ3) is 5.14. The Labute approximate surface area is 232 Å². The largest absolute Gasteiger partial charge is 0.367 e. The molecule has 0 atom stereocenters. The van der Waals surface area contributed by atoms with Crippen molar-refractivity contribution in [1.29, 1.82) is 0 Å². The minimum atomic E-state index is -0.123. The quantitative estimate of drug-likeness (QED) is 0.372. The van der Waals surface area contributed by atoms with Crippen LogP contribution in [0.3, 0.4) is 0 Å². The summed E-state index contributed by atoms with van der Waals surface area (Å²) in [7, 11) is 0. The lowest BCUT2D eigenvalue weighted by Crippen LogP contribution is -2.59. The number of rotatable bonds is 7. The van der Waals surface area contributed by atoms with Gasteiger partial charge in [-0.1, -0.05) is 30.3 Å². The van der Waals surface area contributed by atoms with E-state index in [-0.39, 0.29) is 17.5 Å². The maximum atomic E-state index is 12.7. The van der Waals surface area contributed by atoms with E-state index < -0.39 is 0 Å². The first-order valence-electron chi connectivity index (χ1n) is 14.1. The van der Waals surface area contributed by atoms with Crippen molar-refractivity contribution in [2.24, 2.45) is 0 Å². The number of H-pyrrole nitrogens is 1. The highest BCUT2D eigenvalue weighted by molar-refractivity contribution is 5.93. The molecule has 1 aromatic carbocycles. The molecule has 202 valence electrons. The van der Waals surface area contributed by atoms with Crippen LogP contribution in [0.2, 0.25) is 0 Å². The molecule has 2 N–H and O–H groups in total. The molecule has 2 aliphatic heterocycles. The van der Waals surface area contributed by atoms with Gasteiger partial charge in [-0.05, 0) is 72.2 Å². The highest BCUT2D eigenvalue weighted by atomic mass is 16.2. The Balaban J connectivity index is 0.932. The van der Waals surface area contributed by atoms with Crippen LogP contribution in [-0.2, 0) is 6.54 Å². The number of hydrogen-bond acceptors (Lipinski definition) is 6. The molecule has 0 radical (unpaired) electrons. The number of amides is 1. The molecule has 8 nitrogen and oxygen atoms in total. The fourth-order valence-corrected chi connectivity index (χ4v) is 5.70. The number of benzene rings is 1. The molecule has 1 amide bonds. The lowest BCUT2D eigenvalue weighted by Gasteiger charge is -2.41. The Morgan fingerprint density at radius 1 is 1.02 bits per heavy atom. The zero-order valence-electron chi connectivity index (χ0n) is 22.3. The molecule has 2 fully saturated rings. The minimum Gasteiger partial charge on any atom is -0.367 e. The third-order valence-electron chi connectivity index (χ3n) is 8.20. The van der Waals surface area contributed by atoms with E-state index in [0.717, 1.165) is 79.7 Å². The second-order valence-electron chi connectivity index (χ2n) is 11.2. The maximum absolute atomic E-state index is 12.7. The molecule has 0 spiro atoms. The lowest BCUT2D eigenvalue weighted by atomic mass is 10.0. The van der Waals surface area contributed by atoms with Crippen molar-refractivity contribution in [2.45, 2.75) is 37.8 Å². The second-order valence-corrected chi connectivity index (χ2v) is 11.2. The van der Waals surface area contributed by atoms with E-state index in [0.29, 0.717) is 11.6 Å². The molecule has 1 aliphatic carbocycles. The van der Waals surface area contributed by atoms with Crippen molar-refractivity contribution < 1.29 is 4.79 Å². The number of aromatic nitrogens is 3. The van der Waals surface area contributed by atoms with Crippen LogP contribution in [0.15, 0.2) is 77.9 Å². The van der Waals surface area contributed by atoms with Gasteiger partial charge in [-0.3, -0.25) is 24.5 Å². The predicted octanol–water partition coefficient (Wildman–Crippen LogP) is 4.10. The van der Waals surface area contributed by atoms with Crippen molar-refractivity contribution in [3.05, 3.63) is 106 Å². The average molecular weight is 533 g/mol. The summed E-state index contributed by atoms with van der Waals surface area (Å²) in [5, 5.41) is 3.10. The minimum absolute atomic E-state index is 0.0225. The molecular formula is C32H32N6O2. The summed E-state index contributed by atoms with van der Waals surface area (Å²) in [4.78, 5) is 41.9. The first-order valence-corrected chi connectivity index (χ1v) is 14.1. The highest BCUT2D eigenvalue weighted by Crippen LogP contribution is 2.38. The van der Waals surface area contributed by atoms with Crippen molar-refractivity contribution in [3.63, 3.8) is 0 Å². The topological polar surface area (TPSA) is 94.2 Å². The maximum Gasteiger partial charge on any atom is 0.270 e. The van der Waals surface area contributed by atoms with Gasteiger partial charge in [0.1, 0.15) is 5.69 Å². The Hall–Kier alpha value is -4.30. The average Bonchev–Trinajstić information content (AvgIpc) is 3.81. The first-order chi connectivity index (χ1) is 19.6. The number of pyridine rings is 3. The summed E-state index contributed by atoms with van der Waals surface area (Å²) < 4.78 is 0. The van der Waals surface area contributed by atoms with Gasteiger partial charge in [0.25, 0.3) is 11.5 Å². The van der Waals surface area contributed by atoms with Gasteiger partial charge >= 0.3 is 0 Å². The van der Waals surface area contributed by atoms with Crippen molar-refractivity contribution >= 4 is 28.2 Å². The van der Waals surface area contributed by atoms with Gasteiger partial charge in [0.15, 0.2) is 0 Å². The molecule has 40 heavy (non-hydrogen) atoms. The number of carbonyl (C=O) groups excluding carboxylic acids is 1. The summed E-state index contributed by atoms with van der Waals surface area (Å²) in [6, 6.07) is 18.2. The van der Waals surface area contributed by atoms with Gasteiger partial charge < -0.3 is 15.2 Å². The second kappa shape index (κ2) is 10.4. The molecule has 3 aliphatic rings. The van der Waals surface area contributed by atoms with Crippen molar-refractivity contribution in [1.82, 2.24) is 25.2 Å². The number of aromatic amines is 1. The lowest BCUT2D eigenvalue weighted by molar-refractivity contribution is 0.0925. The molecule has 0 unspecified atom stereocenters. The smallest absolute Gasteiger partial charge is 0.270 e. The van der Waals surface area contributed by atoms with Gasteiger partial charge in [0.05, 0.1) is 17.1 Å². The van der Waals surface area contributed by atoms with Crippen molar-refractivity contribution in [3.8, 4) is 0 Å². The van der Waals surface area contributed by atoms with E-state index in [2.05, 4.69) is 54.3 Å². The van der Waals surface area contributed by atoms with E-state index in [1.165, 1.54) is 11.3 Å². The fourth-order valence-electron chi connectivity index (χ4n) is 5.70. The van der Waals surface area contributed by atoms with Crippen LogP contribution in [-0.4, -0.2) is 58.0 Å². The number of nitrogens with zero attached hydrogens (tertiary/aromatic N) is 4. The molecule has 8 heteroatoms. The molecule has 4 aromatic rings. The summed E-state index contributed by atoms with van der Waals surface area (Å²) in [5.74, 6) is 0.286. The number of nitrogens with one attached hydrogen (secondary N) is 2. The van der Waals surface area contributed by atoms with Crippen LogP contribution in [0.4, 0.5) is 5.69 Å². The molecule has 1 saturated carbocycles. The Bertz CT molecular complexity index is 1640. The monoisotopic (exact) mass is 532 g/mol. The summed E-state index contributed by atoms with van der Waals surface area (Å²) >= 11 is 0.